The predicted molar refractivity (Wildman–Crippen MR) is 133 cm³/mol. The van der Waals surface area contributed by atoms with Gasteiger partial charge in [-0.2, -0.15) is 0 Å². The Labute approximate surface area is 187 Å². The summed E-state index contributed by atoms with van der Waals surface area (Å²) >= 11 is 6.88. The van der Waals surface area contributed by atoms with E-state index in [0.717, 1.165) is 33.1 Å². The molecule has 3 aromatic carbocycles. The van der Waals surface area contributed by atoms with Crippen molar-refractivity contribution in [3.05, 3.63) is 83.9 Å². The molecule has 1 amide bonds. The van der Waals surface area contributed by atoms with E-state index in [2.05, 4.69) is 16.0 Å². The van der Waals surface area contributed by atoms with Crippen molar-refractivity contribution in [1.29, 1.82) is 0 Å². The van der Waals surface area contributed by atoms with Gasteiger partial charge in [-0.25, -0.2) is 0 Å². The number of aryl methyl sites for hydroxylation is 2. The number of carbonyl (C=O) groups excluding carboxylic acids is 1. The van der Waals surface area contributed by atoms with Gasteiger partial charge in [0.1, 0.15) is 0 Å². The number of thiocarbonyl (C=S) groups is 1. The predicted octanol–water partition coefficient (Wildman–Crippen LogP) is 6.23. The molecule has 0 saturated heterocycles. The summed E-state index contributed by atoms with van der Waals surface area (Å²) in [5.74, 6) is -0.00663. The van der Waals surface area contributed by atoms with Crippen LogP contribution in [0.5, 0.6) is 0 Å². The molecule has 0 aliphatic carbocycles. The lowest BCUT2D eigenvalue weighted by molar-refractivity contribution is -0.115. The lowest BCUT2D eigenvalue weighted by Crippen LogP contribution is -2.23. The molecule has 0 aromatic heterocycles. The molecular formula is C24H25N3OS2. The van der Waals surface area contributed by atoms with E-state index in [1.54, 1.807) is 0 Å². The Morgan fingerprint density at radius 2 is 1.37 bits per heavy atom. The van der Waals surface area contributed by atoms with Gasteiger partial charge in [-0.1, -0.05) is 36.4 Å². The molecule has 154 valence electrons. The SMILES string of the molecule is Cc1cccc(C)c1NC(=O)C(C)Sc1ccc(NC(=S)Nc2ccccc2)cc1. The first kappa shape index (κ1) is 21.9. The van der Waals surface area contributed by atoms with Crippen LogP contribution < -0.4 is 16.0 Å². The summed E-state index contributed by atoms with van der Waals surface area (Å²) in [4.78, 5) is 13.7. The summed E-state index contributed by atoms with van der Waals surface area (Å²) in [6.07, 6.45) is 0. The highest BCUT2D eigenvalue weighted by Crippen LogP contribution is 2.27. The van der Waals surface area contributed by atoms with Gasteiger partial charge in [-0.05, 0) is 80.5 Å². The Hall–Kier alpha value is -2.83. The maximum absolute atomic E-state index is 12.6. The number of para-hydroxylation sites is 2. The molecule has 0 radical (unpaired) electrons. The molecule has 0 aliphatic rings. The summed E-state index contributed by atoms with van der Waals surface area (Å²) in [6, 6.07) is 23.7. The van der Waals surface area contributed by atoms with Gasteiger partial charge in [-0.3, -0.25) is 4.79 Å². The molecule has 0 aliphatic heterocycles. The first-order chi connectivity index (χ1) is 14.4. The molecule has 3 rings (SSSR count). The summed E-state index contributed by atoms with van der Waals surface area (Å²) in [5, 5.41) is 9.69. The Bertz CT molecular complexity index is 1000. The zero-order chi connectivity index (χ0) is 21.5. The van der Waals surface area contributed by atoms with Gasteiger partial charge in [0.2, 0.25) is 5.91 Å². The van der Waals surface area contributed by atoms with Crippen LogP contribution in [-0.4, -0.2) is 16.3 Å². The Balaban J connectivity index is 1.54. The molecule has 3 N–H and O–H groups in total. The molecule has 1 atom stereocenters. The van der Waals surface area contributed by atoms with Crippen LogP contribution in [0.1, 0.15) is 18.1 Å². The number of benzene rings is 3. The minimum atomic E-state index is -0.219. The third-order valence-electron chi connectivity index (χ3n) is 4.56. The number of hydrogen-bond acceptors (Lipinski definition) is 3. The lowest BCUT2D eigenvalue weighted by Gasteiger charge is -2.16. The summed E-state index contributed by atoms with van der Waals surface area (Å²) < 4.78 is 0. The van der Waals surface area contributed by atoms with Gasteiger partial charge in [0.15, 0.2) is 5.11 Å². The van der Waals surface area contributed by atoms with E-state index in [-0.39, 0.29) is 11.2 Å². The maximum atomic E-state index is 12.6. The third-order valence-corrected chi connectivity index (χ3v) is 5.87. The first-order valence-corrected chi connectivity index (χ1v) is 11.0. The van der Waals surface area contributed by atoms with Crippen molar-refractivity contribution < 1.29 is 4.79 Å². The van der Waals surface area contributed by atoms with Gasteiger partial charge in [0.05, 0.1) is 5.25 Å². The van der Waals surface area contributed by atoms with Crippen molar-refractivity contribution in [1.82, 2.24) is 0 Å². The number of anilines is 3. The molecule has 6 heteroatoms. The summed E-state index contributed by atoms with van der Waals surface area (Å²) in [5.41, 5.74) is 4.85. The average Bonchev–Trinajstić information content (AvgIpc) is 2.72. The average molecular weight is 436 g/mol. The van der Waals surface area contributed by atoms with Gasteiger partial charge < -0.3 is 16.0 Å². The second kappa shape index (κ2) is 10.3. The standard InChI is InChI=1S/C24H25N3OS2/c1-16-8-7-9-17(2)22(16)27-23(28)18(3)30-21-14-12-20(13-15-21)26-24(29)25-19-10-5-4-6-11-19/h4-15,18H,1-3H3,(H,27,28)(H2,25,26,29). The number of rotatable bonds is 6. The molecule has 0 fully saturated rings. The Morgan fingerprint density at radius 3 is 1.97 bits per heavy atom. The highest BCUT2D eigenvalue weighted by atomic mass is 32.2. The van der Waals surface area contributed by atoms with Crippen LogP contribution in [0.15, 0.2) is 77.7 Å². The van der Waals surface area contributed by atoms with E-state index >= 15 is 0 Å². The van der Waals surface area contributed by atoms with E-state index in [9.17, 15) is 4.79 Å². The van der Waals surface area contributed by atoms with Gasteiger partial charge >= 0.3 is 0 Å². The van der Waals surface area contributed by atoms with Gasteiger partial charge in [0.25, 0.3) is 0 Å². The van der Waals surface area contributed by atoms with Crippen molar-refractivity contribution in [2.75, 3.05) is 16.0 Å². The highest BCUT2D eigenvalue weighted by Gasteiger charge is 2.16. The van der Waals surface area contributed by atoms with E-state index in [1.807, 2.05) is 93.6 Å². The zero-order valence-electron chi connectivity index (χ0n) is 17.2. The molecule has 0 saturated carbocycles. The maximum Gasteiger partial charge on any atom is 0.237 e. The summed E-state index contributed by atoms with van der Waals surface area (Å²) in [7, 11) is 0. The number of nitrogens with one attached hydrogen (secondary N) is 3. The minimum absolute atomic E-state index is 0.00663. The van der Waals surface area contributed by atoms with Crippen LogP contribution in [0.25, 0.3) is 0 Å². The molecule has 4 nitrogen and oxygen atoms in total. The zero-order valence-corrected chi connectivity index (χ0v) is 18.9. The Morgan fingerprint density at radius 1 is 0.800 bits per heavy atom. The van der Waals surface area contributed by atoms with E-state index in [1.165, 1.54) is 11.8 Å². The first-order valence-electron chi connectivity index (χ1n) is 9.69. The van der Waals surface area contributed by atoms with Crippen LogP contribution >= 0.6 is 24.0 Å². The van der Waals surface area contributed by atoms with Crippen molar-refractivity contribution in [2.45, 2.75) is 30.9 Å². The van der Waals surface area contributed by atoms with Crippen LogP contribution in [0, 0.1) is 13.8 Å². The largest absolute Gasteiger partial charge is 0.332 e. The molecule has 0 spiro atoms. The fourth-order valence-electron chi connectivity index (χ4n) is 2.93. The normalized spacial score (nSPS) is 11.4. The molecule has 30 heavy (non-hydrogen) atoms. The Kier molecular flexibility index (Phi) is 7.49. The van der Waals surface area contributed by atoms with Crippen LogP contribution in [0.4, 0.5) is 17.1 Å². The van der Waals surface area contributed by atoms with Gasteiger partial charge in [-0.15, -0.1) is 11.8 Å². The minimum Gasteiger partial charge on any atom is -0.332 e. The number of amides is 1. The molecule has 3 aromatic rings. The molecule has 0 heterocycles. The second-order valence-electron chi connectivity index (χ2n) is 6.99. The van der Waals surface area contributed by atoms with Crippen molar-refractivity contribution >= 4 is 52.1 Å². The highest BCUT2D eigenvalue weighted by molar-refractivity contribution is 8.00. The van der Waals surface area contributed by atoms with E-state index in [4.69, 9.17) is 12.2 Å². The summed E-state index contributed by atoms with van der Waals surface area (Å²) in [6.45, 7) is 5.92. The van der Waals surface area contributed by atoms with Crippen molar-refractivity contribution in [3.8, 4) is 0 Å². The fourth-order valence-corrected chi connectivity index (χ4v) is 4.03. The molecular weight excluding hydrogens is 410 g/mol. The van der Waals surface area contributed by atoms with E-state index in [0.29, 0.717) is 5.11 Å². The van der Waals surface area contributed by atoms with Crippen LogP contribution in [0.3, 0.4) is 0 Å². The van der Waals surface area contributed by atoms with E-state index < -0.39 is 0 Å². The number of carbonyl (C=O) groups is 1. The fraction of sp³-hybridized carbons (Fsp3) is 0.167. The molecule has 0 bridgehead atoms. The monoisotopic (exact) mass is 435 g/mol. The third kappa shape index (κ3) is 6.08. The smallest absolute Gasteiger partial charge is 0.237 e. The lowest BCUT2D eigenvalue weighted by atomic mass is 10.1. The topological polar surface area (TPSA) is 53.2 Å². The molecule has 1 unspecified atom stereocenters. The number of thioether (sulfide) groups is 1. The van der Waals surface area contributed by atoms with Crippen LogP contribution in [-0.2, 0) is 4.79 Å². The van der Waals surface area contributed by atoms with Crippen LogP contribution in [0.2, 0.25) is 0 Å². The van der Waals surface area contributed by atoms with Crippen molar-refractivity contribution in [2.24, 2.45) is 0 Å². The number of hydrogen-bond donors (Lipinski definition) is 3. The quantitative estimate of drug-likeness (QED) is 0.316. The second-order valence-corrected chi connectivity index (χ2v) is 8.81. The van der Waals surface area contributed by atoms with Gasteiger partial charge in [0, 0.05) is 22.0 Å². The van der Waals surface area contributed by atoms with Crippen molar-refractivity contribution in [3.63, 3.8) is 0 Å².